The van der Waals surface area contributed by atoms with Gasteiger partial charge in [-0.05, 0) is 36.5 Å². The third-order valence-corrected chi connectivity index (χ3v) is 7.51. The molecule has 1 aliphatic carbocycles. The molecule has 0 aromatic heterocycles. The number of hydrogen-bond donors (Lipinski definition) is 2. The lowest BCUT2D eigenvalue weighted by molar-refractivity contribution is -0.136. The highest BCUT2D eigenvalue weighted by Gasteiger charge is 2.42. The number of benzene rings is 1. The quantitative estimate of drug-likeness (QED) is 0.739. The minimum absolute atomic E-state index is 0.0889. The standard InChI is InChI=1S/C23H30N4O3/c28-20-8-7-19(21(29)25-20)27-14-18-16(5-4-6-17(18)22(27)30)13-26-12-11-24-15-23(26)9-2-1-3-10-23/h4-6,19,24H,1-3,7-15H2,(H,25,28,29). The predicted octanol–water partition coefficient (Wildman–Crippen LogP) is 1.56. The summed E-state index contributed by atoms with van der Waals surface area (Å²) in [5, 5.41) is 5.99. The Morgan fingerprint density at radius 3 is 2.73 bits per heavy atom. The van der Waals surface area contributed by atoms with Crippen LogP contribution in [0.25, 0.3) is 0 Å². The third-order valence-electron chi connectivity index (χ3n) is 7.51. The van der Waals surface area contributed by atoms with Crippen LogP contribution >= 0.6 is 0 Å². The molecular weight excluding hydrogens is 380 g/mol. The zero-order chi connectivity index (χ0) is 20.7. The highest BCUT2D eigenvalue weighted by atomic mass is 16.2. The summed E-state index contributed by atoms with van der Waals surface area (Å²) in [5.41, 5.74) is 3.19. The van der Waals surface area contributed by atoms with E-state index in [1.807, 2.05) is 12.1 Å². The molecule has 0 radical (unpaired) electrons. The third kappa shape index (κ3) is 3.34. The minimum Gasteiger partial charge on any atom is -0.322 e. The maximum Gasteiger partial charge on any atom is 0.255 e. The summed E-state index contributed by atoms with van der Waals surface area (Å²) in [6.07, 6.45) is 7.05. The molecule has 5 rings (SSSR count). The van der Waals surface area contributed by atoms with Crippen LogP contribution in [0.5, 0.6) is 0 Å². The molecule has 1 unspecified atom stereocenters. The predicted molar refractivity (Wildman–Crippen MR) is 112 cm³/mol. The van der Waals surface area contributed by atoms with Gasteiger partial charge in [0.25, 0.3) is 5.91 Å². The van der Waals surface area contributed by atoms with Crippen LogP contribution in [0.15, 0.2) is 18.2 Å². The number of hydrogen-bond acceptors (Lipinski definition) is 5. The number of amides is 3. The molecule has 1 aromatic carbocycles. The van der Waals surface area contributed by atoms with Gasteiger partial charge in [-0.2, -0.15) is 0 Å². The lowest BCUT2D eigenvalue weighted by Gasteiger charge is -2.50. The average Bonchev–Trinajstić information content (AvgIpc) is 3.08. The number of imide groups is 1. The molecule has 2 N–H and O–H groups in total. The van der Waals surface area contributed by atoms with Crippen molar-refractivity contribution in [1.82, 2.24) is 20.4 Å². The van der Waals surface area contributed by atoms with Crippen LogP contribution in [0.2, 0.25) is 0 Å². The topological polar surface area (TPSA) is 81.8 Å². The second-order valence-electron chi connectivity index (χ2n) is 9.23. The normalized spacial score (nSPS) is 26.7. The summed E-state index contributed by atoms with van der Waals surface area (Å²) in [7, 11) is 0. The molecule has 3 heterocycles. The van der Waals surface area contributed by atoms with E-state index >= 15 is 0 Å². The molecule has 1 atom stereocenters. The molecule has 7 nitrogen and oxygen atoms in total. The molecule has 1 saturated carbocycles. The molecule has 3 fully saturated rings. The zero-order valence-corrected chi connectivity index (χ0v) is 17.4. The number of carbonyl (C=O) groups is 3. The number of piperazine rings is 1. The molecular formula is C23H30N4O3. The van der Waals surface area contributed by atoms with Crippen LogP contribution < -0.4 is 10.6 Å². The number of rotatable bonds is 3. The van der Waals surface area contributed by atoms with Crippen molar-refractivity contribution in [1.29, 1.82) is 0 Å². The van der Waals surface area contributed by atoms with Crippen LogP contribution in [-0.2, 0) is 22.7 Å². The van der Waals surface area contributed by atoms with Gasteiger partial charge in [0, 0.05) is 50.2 Å². The van der Waals surface area contributed by atoms with Crippen molar-refractivity contribution in [2.45, 2.75) is 69.6 Å². The molecule has 2 saturated heterocycles. The molecule has 3 aliphatic heterocycles. The zero-order valence-electron chi connectivity index (χ0n) is 17.4. The highest BCUT2D eigenvalue weighted by molar-refractivity contribution is 6.05. The van der Waals surface area contributed by atoms with Crippen LogP contribution in [-0.4, -0.2) is 58.7 Å². The summed E-state index contributed by atoms with van der Waals surface area (Å²) in [6.45, 7) is 4.37. The van der Waals surface area contributed by atoms with E-state index in [2.05, 4.69) is 21.6 Å². The Kier molecular flexibility index (Phi) is 5.11. The Balaban J connectivity index is 1.39. The van der Waals surface area contributed by atoms with Crippen molar-refractivity contribution in [3.8, 4) is 0 Å². The fourth-order valence-electron chi connectivity index (χ4n) is 5.84. The molecule has 3 amide bonds. The highest BCUT2D eigenvalue weighted by Crippen LogP contribution is 2.37. The summed E-state index contributed by atoms with van der Waals surface area (Å²) in [5.74, 6) is -0.691. The lowest BCUT2D eigenvalue weighted by atomic mass is 9.78. The van der Waals surface area contributed by atoms with Gasteiger partial charge >= 0.3 is 0 Å². The Morgan fingerprint density at radius 1 is 1.10 bits per heavy atom. The van der Waals surface area contributed by atoms with Crippen molar-refractivity contribution in [3.63, 3.8) is 0 Å². The average molecular weight is 411 g/mol. The van der Waals surface area contributed by atoms with Gasteiger partial charge in [0.15, 0.2) is 0 Å². The molecule has 160 valence electrons. The van der Waals surface area contributed by atoms with Crippen LogP contribution in [0.1, 0.15) is 66.4 Å². The van der Waals surface area contributed by atoms with E-state index in [0.717, 1.165) is 31.7 Å². The Bertz CT molecular complexity index is 869. The first-order valence-electron chi connectivity index (χ1n) is 11.3. The second kappa shape index (κ2) is 7.78. The molecule has 30 heavy (non-hydrogen) atoms. The van der Waals surface area contributed by atoms with Crippen molar-refractivity contribution in [2.24, 2.45) is 0 Å². The molecule has 1 aromatic rings. The van der Waals surface area contributed by atoms with Gasteiger partial charge in [-0.3, -0.25) is 24.6 Å². The Labute approximate surface area is 177 Å². The van der Waals surface area contributed by atoms with E-state index < -0.39 is 6.04 Å². The molecule has 0 bridgehead atoms. The fourth-order valence-corrected chi connectivity index (χ4v) is 5.84. The van der Waals surface area contributed by atoms with E-state index in [4.69, 9.17) is 0 Å². The number of nitrogens with one attached hydrogen (secondary N) is 2. The fraction of sp³-hybridized carbons (Fsp3) is 0.609. The van der Waals surface area contributed by atoms with Gasteiger partial charge in [0.1, 0.15) is 6.04 Å². The minimum atomic E-state index is -0.556. The second-order valence-corrected chi connectivity index (χ2v) is 9.23. The molecule has 4 aliphatic rings. The monoisotopic (exact) mass is 410 g/mol. The maximum atomic E-state index is 13.1. The van der Waals surface area contributed by atoms with Gasteiger partial charge in [-0.25, -0.2) is 0 Å². The largest absolute Gasteiger partial charge is 0.322 e. The maximum absolute atomic E-state index is 13.1. The summed E-state index contributed by atoms with van der Waals surface area (Å²) in [4.78, 5) is 41.3. The van der Waals surface area contributed by atoms with Crippen LogP contribution in [0.3, 0.4) is 0 Å². The van der Waals surface area contributed by atoms with Gasteiger partial charge in [-0.1, -0.05) is 31.4 Å². The molecule has 7 heteroatoms. The van der Waals surface area contributed by atoms with E-state index in [1.54, 1.807) is 4.90 Å². The first kappa shape index (κ1) is 19.7. The Morgan fingerprint density at radius 2 is 1.93 bits per heavy atom. The van der Waals surface area contributed by atoms with E-state index in [-0.39, 0.29) is 29.7 Å². The van der Waals surface area contributed by atoms with Crippen molar-refractivity contribution < 1.29 is 14.4 Å². The van der Waals surface area contributed by atoms with E-state index in [1.165, 1.54) is 37.7 Å². The summed E-state index contributed by atoms with van der Waals surface area (Å²) < 4.78 is 0. The molecule has 1 spiro atoms. The van der Waals surface area contributed by atoms with Crippen molar-refractivity contribution >= 4 is 17.7 Å². The van der Waals surface area contributed by atoms with Crippen molar-refractivity contribution in [3.05, 3.63) is 34.9 Å². The first-order valence-corrected chi connectivity index (χ1v) is 11.3. The summed E-state index contributed by atoms with van der Waals surface area (Å²) >= 11 is 0. The lowest BCUT2D eigenvalue weighted by Crippen LogP contribution is -2.61. The van der Waals surface area contributed by atoms with Gasteiger partial charge in [0.2, 0.25) is 11.8 Å². The number of carbonyl (C=O) groups excluding carboxylic acids is 3. The van der Waals surface area contributed by atoms with E-state index in [9.17, 15) is 14.4 Å². The van der Waals surface area contributed by atoms with Crippen LogP contribution in [0, 0.1) is 0 Å². The van der Waals surface area contributed by atoms with Gasteiger partial charge in [0.05, 0.1) is 0 Å². The number of fused-ring (bicyclic) bond motifs is 1. The van der Waals surface area contributed by atoms with Gasteiger partial charge in [-0.15, -0.1) is 0 Å². The Hall–Kier alpha value is -2.25. The SMILES string of the molecule is O=C1CCC(N2Cc3c(CN4CCNCC45CCCCC5)cccc3C2=O)C(=O)N1. The number of nitrogens with zero attached hydrogens (tertiary/aromatic N) is 2. The number of piperidine rings is 1. The van der Waals surface area contributed by atoms with Crippen LogP contribution in [0.4, 0.5) is 0 Å². The van der Waals surface area contributed by atoms with Crippen molar-refractivity contribution in [2.75, 3.05) is 19.6 Å². The van der Waals surface area contributed by atoms with E-state index in [0.29, 0.717) is 18.5 Å². The van der Waals surface area contributed by atoms with Gasteiger partial charge < -0.3 is 10.2 Å². The smallest absolute Gasteiger partial charge is 0.255 e. The first-order chi connectivity index (χ1) is 14.6. The summed E-state index contributed by atoms with van der Waals surface area (Å²) in [6, 6.07) is 5.43.